The number of morpholine rings is 1. The number of likely N-dealkylation sites (tertiary alicyclic amines) is 1. The SMILES string of the molecule is O=C(Nc1cccnc1Cl)N1CCC[C@@H](CN2CCOCC2)C1. The second-order valence-corrected chi connectivity index (χ2v) is 6.50. The summed E-state index contributed by atoms with van der Waals surface area (Å²) in [6.45, 7) is 6.25. The highest BCUT2D eigenvalue weighted by molar-refractivity contribution is 6.32. The van der Waals surface area contributed by atoms with Crippen molar-refractivity contribution in [2.75, 3.05) is 51.3 Å². The molecule has 1 N–H and O–H groups in total. The van der Waals surface area contributed by atoms with E-state index in [0.29, 0.717) is 16.8 Å². The molecule has 2 aliphatic heterocycles. The summed E-state index contributed by atoms with van der Waals surface area (Å²) < 4.78 is 5.39. The molecule has 2 aliphatic rings. The molecule has 0 bridgehead atoms. The van der Waals surface area contributed by atoms with Crippen LogP contribution in [0.1, 0.15) is 12.8 Å². The van der Waals surface area contributed by atoms with Crippen molar-refractivity contribution in [2.24, 2.45) is 5.92 Å². The summed E-state index contributed by atoms with van der Waals surface area (Å²) in [5, 5.41) is 3.19. The molecule has 0 unspecified atom stereocenters. The van der Waals surface area contributed by atoms with E-state index in [0.717, 1.165) is 52.4 Å². The Kier molecular flexibility index (Phi) is 5.70. The molecule has 126 valence electrons. The van der Waals surface area contributed by atoms with Gasteiger partial charge in [-0.25, -0.2) is 9.78 Å². The predicted molar refractivity (Wildman–Crippen MR) is 89.8 cm³/mol. The zero-order chi connectivity index (χ0) is 16.1. The van der Waals surface area contributed by atoms with Gasteiger partial charge in [0.15, 0.2) is 5.15 Å². The molecule has 6 nitrogen and oxygen atoms in total. The van der Waals surface area contributed by atoms with Gasteiger partial charge in [-0.1, -0.05) is 11.6 Å². The summed E-state index contributed by atoms with van der Waals surface area (Å²) in [5.74, 6) is 0.525. The van der Waals surface area contributed by atoms with Gasteiger partial charge in [0, 0.05) is 38.9 Å². The van der Waals surface area contributed by atoms with E-state index in [1.54, 1.807) is 18.3 Å². The van der Waals surface area contributed by atoms with E-state index in [1.807, 2.05) is 4.90 Å². The number of rotatable bonds is 3. The molecule has 7 heteroatoms. The first-order valence-electron chi connectivity index (χ1n) is 8.19. The number of aromatic nitrogens is 1. The van der Waals surface area contributed by atoms with Crippen LogP contribution in [0.3, 0.4) is 0 Å². The maximum atomic E-state index is 12.5. The maximum Gasteiger partial charge on any atom is 0.321 e. The van der Waals surface area contributed by atoms with E-state index < -0.39 is 0 Å². The molecule has 2 saturated heterocycles. The molecule has 2 fully saturated rings. The van der Waals surface area contributed by atoms with Gasteiger partial charge in [0.05, 0.1) is 18.9 Å². The molecule has 3 heterocycles. The van der Waals surface area contributed by atoms with Crippen molar-refractivity contribution in [3.63, 3.8) is 0 Å². The predicted octanol–water partition coefficient (Wildman–Crippen LogP) is 2.31. The maximum absolute atomic E-state index is 12.5. The van der Waals surface area contributed by atoms with Gasteiger partial charge in [-0.2, -0.15) is 0 Å². The van der Waals surface area contributed by atoms with Crippen LogP contribution in [0.15, 0.2) is 18.3 Å². The number of nitrogens with one attached hydrogen (secondary N) is 1. The van der Waals surface area contributed by atoms with E-state index in [2.05, 4.69) is 15.2 Å². The number of piperidine rings is 1. The van der Waals surface area contributed by atoms with Crippen molar-refractivity contribution in [1.82, 2.24) is 14.8 Å². The Morgan fingerprint density at radius 3 is 3.00 bits per heavy atom. The second kappa shape index (κ2) is 7.95. The Labute approximate surface area is 141 Å². The lowest BCUT2D eigenvalue weighted by Gasteiger charge is -2.36. The highest BCUT2D eigenvalue weighted by Gasteiger charge is 2.26. The average molecular weight is 339 g/mol. The first-order valence-corrected chi connectivity index (χ1v) is 8.57. The summed E-state index contributed by atoms with van der Waals surface area (Å²) in [6.07, 6.45) is 3.83. The minimum Gasteiger partial charge on any atom is -0.379 e. The number of amides is 2. The highest BCUT2D eigenvalue weighted by Crippen LogP contribution is 2.21. The summed E-state index contributed by atoms with van der Waals surface area (Å²) in [7, 11) is 0. The fourth-order valence-corrected chi connectivity index (χ4v) is 3.39. The number of hydrogen-bond acceptors (Lipinski definition) is 4. The Morgan fingerprint density at radius 1 is 1.39 bits per heavy atom. The number of pyridine rings is 1. The summed E-state index contributed by atoms with van der Waals surface area (Å²) in [6, 6.07) is 3.44. The minimum absolute atomic E-state index is 0.0911. The van der Waals surface area contributed by atoms with Gasteiger partial charge in [-0.3, -0.25) is 4.90 Å². The van der Waals surface area contributed by atoms with Crippen LogP contribution < -0.4 is 5.32 Å². The van der Waals surface area contributed by atoms with Crippen molar-refractivity contribution in [1.29, 1.82) is 0 Å². The van der Waals surface area contributed by atoms with Crippen LogP contribution in [0.2, 0.25) is 5.15 Å². The van der Waals surface area contributed by atoms with Gasteiger partial charge in [0.1, 0.15) is 0 Å². The van der Waals surface area contributed by atoms with Gasteiger partial charge in [-0.15, -0.1) is 0 Å². The standard InChI is InChI=1S/C16H23ClN4O2/c17-15-14(4-1-5-18-15)19-16(22)21-6-2-3-13(12-21)11-20-7-9-23-10-8-20/h1,4-5,13H,2-3,6-12H2,(H,19,22)/t13-/m0/s1. The van der Waals surface area contributed by atoms with Crippen molar-refractivity contribution >= 4 is 23.3 Å². The van der Waals surface area contributed by atoms with Crippen LogP contribution in [0, 0.1) is 5.92 Å². The topological polar surface area (TPSA) is 57.7 Å². The van der Waals surface area contributed by atoms with Crippen LogP contribution in [0.5, 0.6) is 0 Å². The zero-order valence-electron chi connectivity index (χ0n) is 13.2. The van der Waals surface area contributed by atoms with Crippen molar-refractivity contribution in [3.8, 4) is 0 Å². The fraction of sp³-hybridized carbons (Fsp3) is 0.625. The van der Waals surface area contributed by atoms with E-state index in [9.17, 15) is 4.79 Å². The third kappa shape index (κ3) is 4.56. The Morgan fingerprint density at radius 2 is 2.22 bits per heavy atom. The molecule has 0 saturated carbocycles. The summed E-state index contributed by atoms with van der Waals surface area (Å²) in [5.41, 5.74) is 0.564. The van der Waals surface area contributed by atoms with Crippen molar-refractivity contribution < 1.29 is 9.53 Å². The quantitative estimate of drug-likeness (QED) is 0.859. The van der Waals surface area contributed by atoms with E-state index in [-0.39, 0.29) is 6.03 Å². The van der Waals surface area contributed by atoms with Gasteiger partial charge >= 0.3 is 6.03 Å². The molecule has 0 aromatic carbocycles. The van der Waals surface area contributed by atoms with E-state index >= 15 is 0 Å². The highest BCUT2D eigenvalue weighted by atomic mass is 35.5. The number of urea groups is 1. The smallest absolute Gasteiger partial charge is 0.321 e. The molecule has 0 spiro atoms. The minimum atomic E-state index is -0.0911. The van der Waals surface area contributed by atoms with Crippen LogP contribution in [-0.4, -0.2) is 66.8 Å². The Bertz CT molecular complexity index is 537. The van der Waals surface area contributed by atoms with Gasteiger partial charge in [0.2, 0.25) is 0 Å². The number of hydrogen-bond donors (Lipinski definition) is 1. The summed E-state index contributed by atoms with van der Waals surface area (Å²) in [4.78, 5) is 20.8. The van der Waals surface area contributed by atoms with Crippen molar-refractivity contribution in [2.45, 2.75) is 12.8 Å². The van der Waals surface area contributed by atoms with E-state index in [4.69, 9.17) is 16.3 Å². The monoisotopic (exact) mass is 338 g/mol. The first kappa shape index (κ1) is 16.5. The number of ether oxygens (including phenoxy) is 1. The molecule has 23 heavy (non-hydrogen) atoms. The normalized spacial score (nSPS) is 22.8. The second-order valence-electron chi connectivity index (χ2n) is 6.14. The molecule has 1 aromatic rings. The van der Waals surface area contributed by atoms with Gasteiger partial charge in [-0.05, 0) is 30.9 Å². The van der Waals surface area contributed by atoms with Crippen molar-refractivity contribution in [3.05, 3.63) is 23.5 Å². The molecule has 2 amide bonds. The lowest BCUT2D eigenvalue weighted by Crippen LogP contribution is -2.47. The number of nitrogens with zero attached hydrogens (tertiary/aromatic N) is 3. The Hall–Kier alpha value is -1.37. The number of halogens is 1. The lowest BCUT2D eigenvalue weighted by molar-refractivity contribution is 0.0252. The number of anilines is 1. The molecule has 1 atom stereocenters. The fourth-order valence-electron chi connectivity index (χ4n) is 3.22. The molecule has 0 aliphatic carbocycles. The molecule has 1 aromatic heterocycles. The van der Waals surface area contributed by atoms with Gasteiger partial charge in [0.25, 0.3) is 0 Å². The van der Waals surface area contributed by atoms with Gasteiger partial charge < -0.3 is 15.0 Å². The molecule has 3 rings (SSSR count). The van der Waals surface area contributed by atoms with E-state index in [1.165, 1.54) is 6.42 Å². The Balaban J connectivity index is 1.53. The van der Waals surface area contributed by atoms with Crippen LogP contribution in [0.4, 0.5) is 10.5 Å². The number of carbonyl (C=O) groups excluding carboxylic acids is 1. The molecular formula is C16H23ClN4O2. The third-order valence-corrected chi connectivity index (χ3v) is 4.73. The average Bonchev–Trinajstić information content (AvgIpc) is 2.58. The molecule has 0 radical (unpaired) electrons. The summed E-state index contributed by atoms with van der Waals surface area (Å²) >= 11 is 6.00. The van der Waals surface area contributed by atoms with Crippen LogP contribution >= 0.6 is 11.6 Å². The third-order valence-electron chi connectivity index (χ3n) is 4.43. The largest absolute Gasteiger partial charge is 0.379 e. The first-order chi connectivity index (χ1) is 11.2. The zero-order valence-corrected chi connectivity index (χ0v) is 14.0. The molecular weight excluding hydrogens is 316 g/mol. The lowest BCUT2D eigenvalue weighted by atomic mass is 9.97. The van der Waals surface area contributed by atoms with Crippen LogP contribution in [-0.2, 0) is 4.74 Å². The number of carbonyl (C=O) groups is 1. The van der Waals surface area contributed by atoms with Crippen LogP contribution in [0.25, 0.3) is 0 Å².